The number of benzene rings is 2. The summed E-state index contributed by atoms with van der Waals surface area (Å²) in [5.41, 5.74) is 0.654. The van der Waals surface area contributed by atoms with Gasteiger partial charge in [0.15, 0.2) is 18.1 Å². The highest BCUT2D eigenvalue weighted by atomic mass is 19.1. The maximum Gasteiger partial charge on any atom is 0.341 e. The van der Waals surface area contributed by atoms with Crippen LogP contribution in [0, 0.1) is 11.7 Å². The molecule has 2 aromatic rings. The molecule has 0 aromatic heterocycles. The van der Waals surface area contributed by atoms with E-state index < -0.39 is 24.3 Å². The molecule has 1 aliphatic rings. The monoisotopic (exact) mass is 401 g/mol. The number of nitrogens with one attached hydrogen (secondary N) is 1. The lowest BCUT2D eigenvalue weighted by Crippen LogP contribution is -2.35. The van der Waals surface area contributed by atoms with Crippen molar-refractivity contribution in [3.05, 3.63) is 59.4 Å². The molecule has 1 aliphatic heterocycles. The molecular weight excluding hydrogens is 377 g/mol. The molecule has 3 rings (SSSR count). The zero-order chi connectivity index (χ0) is 20.8. The molecule has 1 atom stereocenters. The van der Waals surface area contributed by atoms with Crippen molar-refractivity contribution in [3.8, 4) is 11.5 Å². The summed E-state index contributed by atoms with van der Waals surface area (Å²) in [6.45, 7) is 4.62. The second-order valence-electron chi connectivity index (χ2n) is 7.10. The lowest BCUT2D eigenvalue weighted by Gasteiger charge is -2.24. The highest BCUT2D eigenvalue weighted by molar-refractivity contribution is 5.91. The Morgan fingerprint density at radius 2 is 1.83 bits per heavy atom. The fraction of sp³-hybridized carbons (Fsp3) is 0.364. The molecule has 0 saturated carbocycles. The van der Waals surface area contributed by atoms with E-state index in [1.54, 1.807) is 0 Å². The van der Waals surface area contributed by atoms with Crippen LogP contribution in [0.5, 0.6) is 11.5 Å². The highest BCUT2D eigenvalue weighted by Crippen LogP contribution is 2.34. The van der Waals surface area contributed by atoms with Gasteiger partial charge in [0.1, 0.15) is 5.82 Å². The summed E-state index contributed by atoms with van der Waals surface area (Å²) in [5, 5.41) is 2.87. The SMILES string of the molecule is CC(C)[C@@H](NC(=O)COC(=O)c1ccccc1F)c1ccc2c(c1)OCCCO2. The minimum atomic E-state index is -0.880. The Balaban J connectivity index is 1.64. The van der Waals surface area contributed by atoms with Crippen LogP contribution in [0.4, 0.5) is 4.39 Å². The lowest BCUT2D eigenvalue weighted by atomic mass is 9.95. The van der Waals surface area contributed by atoms with Crippen LogP contribution in [-0.4, -0.2) is 31.7 Å². The van der Waals surface area contributed by atoms with Gasteiger partial charge in [-0.2, -0.15) is 0 Å². The van der Waals surface area contributed by atoms with E-state index in [2.05, 4.69) is 5.32 Å². The van der Waals surface area contributed by atoms with Crippen molar-refractivity contribution in [1.82, 2.24) is 5.32 Å². The molecule has 0 fully saturated rings. The van der Waals surface area contributed by atoms with Crippen LogP contribution in [0.1, 0.15) is 42.2 Å². The molecule has 0 aliphatic carbocycles. The first-order valence-corrected chi connectivity index (χ1v) is 9.56. The summed E-state index contributed by atoms with van der Waals surface area (Å²) in [4.78, 5) is 24.3. The summed E-state index contributed by atoms with van der Waals surface area (Å²) in [5.74, 6) is -0.642. The van der Waals surface area contributed by atoms with Crippen LogP contribution in [0.25, 0.3) is 0 Å². The second-order valence-corrected chi connectivity index (χ2v) is 7.10. The molecule has 2 aromatic carbocycles. The third-order valence-corrected chi connectivity index (χ3v) is 4.54. The fourth-order valence-electron chi connectivity index (χ4n) is 3.06. The zero-order valence-corrected chi connectivity index (χ0v) is 16.4. The first-order chi connectivity index (χ1) is 14.0. The van der Waals surface area contributed by atoms with E-state index in [1.165, 1.54) is 18.2 Å². The predicted molar refractivity (Wildman–Crippen MR) is 104 cm³/mol. The van der Waals surface area contributed by atoms with E-state index in [-0.39, 0.29) is 17.5 Å². The minimum Gasteiger partial charge on any atom is -0.490 e. The minimum absolute atomic E-state index is 0.0750. The Hall–Kier alpha value is -3.09. The molecular formula is C22H24FNO5. The Morgan fingerprint density at radius 3 is 2.55 bits per heavy atom. The van der Waals surface area contributed by atoms with Crippen LogP contribution < -0.4 is 14.8 Å². The van der Waals surface area contributed by atoms with Crippen molar-refractivity contribution in [1.29, 1.82) is 0 Å². The molecule has 0 unspecified atom stereocenters. The maximum atomic E-state index is 13.6. The Bertz CT molecular complexity index is 883. The number of ether oxygens (including phenoxy) is 3. The standard InChI is InChI=1S/C22H24FNO5/c1-14(2)21(15-8-9-18-19(12-15)28-11-5-10-27-18)24-20(25)13-29-22(26)16-6-3-4-7-17(16)23/h3-4,6-9,12,14,21H,5,10-11,13H2,1-2H3,(H,24,25)/t21-/m1/s1. The average Bonchev–Trinajstić information content (AvgIpc) is 2.95. The third-order valence-electron chi connectivity index (χ3n) is 4.54. The Morgan fingerprint density at radius 1 is 1.10 bits per heavy atom. The molecule has 6 nitrogen and oxygen atoms in total. The predicted octanol–water partition coefficient (Wildman–Crippen LogP) is 3.66. The van der Waals surface area contributed by atoms with Gasteiger partial charge < -0.3 is 19.5 Å². The topological polar surface area (TPSA) is 73.9 Å². The number of carbonyl (C=O) groups excluding carboxylic acids is 2. The van der Waals surface area contributed by atoms with Gasteiger partial charge in [-0.3, -0.25) is 4.79 Å². The quantitative estimate of drug-likeness (QED) is 0.748. The van der Waals surface area contributed by atoms with Gasteiger partial charge in [-0.05, 0) is 35.7 Å². The number of hydrogen-bond acceptors (Lipinski definition) is 5. The first-order valence-electron chi connectivity index (χ1n) is 9.56. The smallest absolute Gasteiger partial charge is 0.341 e. The highest BCUT2D eigenvalue weighted by Gasteiger charge is 2.22. The van der Waals surface area contributed by atoms with Crippen LogP contribution in [0.15, 0.2) is 42.5 Å². The zero-order valence-electron chi connectivity index (χ0n) is 16.4. The van der Waals surface area contributed by atoms with Gasteiger partial charge in [0, 0.05) is 6.42 Å². The van der Waals surface area contributed by atoms with Crippen molar-refractivity contribution in [2.24, 2.45) is 5.92 Å². The van der Waals surface area contributed by atoms with E-state index in [0.29, 0.717) is 24.7 Å². The third kappa shape index (κ3) is 5.25. The largest absolute Gasteiger partial charge is 0.490 e. The van der Waals surface area contributed by atoms with Crippen LogP contribution in [-0.2, 0) is 9.53 Å². The number of fused-ring (bicyclic) bond motifs is 1. The van der Waals surface area contributed by atoms with Gasteiger partial charge in [0.05, 0.1) is 24.8 Å². The second kappa shape index (κ2) is 9.41. The maximum absolute atomic E-state index is 13.6. The van der Waals surface area contributed by atoms with Gasteiger partial charge in [0.2, 0.25) is 0 Å². The molecule has 29 heavy (non-hydrogen) atoms. The summed E-state index contributed by atoms with van der Waals surface area (Å²) in [7, 11) is 0. The van der Waals surface area contributed by atoms with Crippen molar-refractivity contribution in [2.45, 2.75) is 26.3 Å². The fourth-order valence-corrected chi connectivity index (χ4v) is 3.06. The normalized spacial score (nSPS) is 14.1. The number of rotatable bonds is 6. The molecule has 1 N–H and O–H groups in total. The van der Waals surface area contributed by atoms with E-state index in [4.69, 9.17) is 14.2 Å². The number of halogens is 1. The average molecular weight is 401 g/mol. The van der Waals surface area contributed by atoms with Crippen LogP contribution >= 0.6 is 0 Å². The summed E-state index contributed by atoms with van der Waals surface area (Å²) < 4.78 is 30.0. The van der Waals surface area contributed by atoms with E-state index in [1.807, 2.05) is 32.0 Å². The lowest BCUT2D eigenvalue weighted by molar-refractivity contribution is -0.125. The van der Waals surface area contributed by atoms with Gasteiger partial charge in [-0.25, -0.2) is 9.18 Å². The van der Waals surface area contributed by atoms with E-state index in [0.717, 1.165) is 18.1 Å². The number of hydrogen-bond donors (Lipinski definition) is 1. The van der Waals surface area contributed by atoms with E-state index >= 15 is 0 Å². The number of esters is 1. The van der Waals surface area contributed by atoms with Crippen LogP contribution in [0.2, 0.25) is 0 Å². The van der Waals surface area contributed by atoms with Crippen LogP contribution in [0.3, 0.4) is 0 Å². The summed E-state index contributed by atoms with van der Waals surface area (Å²) in [6.07, 6.45) is 0.807. The molecule has 1 amide bonds. The molecule has 154 valence electrons. The first kappa shape index (κ1) is 20.6. The summed E-state index contributed by atoms with van der Waals surface area (Å²) in [6, 6.07) is 10.7. The number of amides is 1. The van der Waals surface area contributed by atoms with E-state index in [9.17, 15) is 14.0 Å². The van der Waals surface area contributed by atoms with Gasteiger partial charge in [0.25, 0.3) is 5.91 Å². The Labute approximate surface area is 169 Å². The van der Waals surface area contributed by atoms with Crippen molar-refractivity contribution >= 4 is 11.9 Å². The Kier molecular flexibility index (Phi) is 6.69. The molecule has 0 spiro atoms. The van der Waals surface area contributed by atoms with Gasteiger partial charge >= 0.3 is 5.97 Å². The van der Waals surface area contributed by atoms with Gasteiger partial charge in [-0.1, -0.05) is 32.0 Å². The van der Waals surface area contributed by atoms with Gasteiger partial charge in [-0.15, -0.1) is 0 Å². The molecule has 0 bridgehead atoms. The summed E-state index contributed by atoms with van der Waals surface area (Å²) >= 11 is 0. The molecule has 0 saturated heterocycles. The molecule has 0 radical (unpaired) electrons. The number of carbonyl (C=O) groups is 2. The van der Waals surface area contributed by atoms with Crippen molar-refractivity contribution in [3.63, 3.8) is 0 Å². The van der Waals surface area contributed by atoms with Crippen molar-refractivity contribution in [2.75, 3.05) is 19.8 Å². The molecule has 1 heterocycles. The van der Waals surface area contributed by atoms with Crippen molar-refractivity contribution < 1.29 is 28.2 Å². The molecule has 7 heteroatoms.